The van der Waals surface area contributed by atoms with Gasteiger partial charge in [0.2, 0.25) is 0 Å². The zero-order valence-corrected chi connectivity index (χ0v) is 10.5. The highest BCUT2D eigenvalue weighted by Crippen LogP contribution is 2.17. The summed E-state index contributed by atoms with van der Waals surface area (Å²) in [6.45, 7) is 1.18. The number of nitrogens with two attached hydrogens (primary N) is 1. The molecule has 0 radical (unpaired) electrons. The van der Waals surface area contributed by atoms with Gasteiger partial charge in [-0.15, -0.1) is 0 Å². The van der Waals surface area contributed by atoms with Crippen molar-refractivity contribution in [3.63, 3.8) is 0 Å². The third-order valence-corrected chi connectivity index (χ3v) is 2.85. The third kappa shape index (κ3) is 2.95. The molecule has 1 aromatic carbocycles. The van der Waals surface area contributed by atoms with E-state index in [0.29, 0.717) is 19.2 Å². The lowest BCUT2D eigenvalue weighted by Gasteiger charge is -2.14. The minimum atomic E-state index is -1.04. The average molecular weight is 285 g/mol. The molecular weight excluding hydrogens is 272 g/mol. The van der Waals surface area contributed by atoms with Crippen LogP contribution in [0.3, 0.4) is 0 Å². The van der Waals surface area contributed by atoms with E-state index in [9.17, 15) is 18.4 Å². The topological polar surface area (TPSA) is 84.7 Å². The summed E-state index contributed by atoms with van der Waals surface area (Å²) >= 11 is 0. The number of hydrogen-bond acceptors (Lipinski definition) is 4. The predicted molar refractivity (Wildman–Crippen MR) is 66.0 cm³/mol. The zero-order chi connectivity index (χ0) is 14.7. The number of ether oxygens (including phenoxy) is 1. The van der Waals surface area contributed by atoms with Crippen molar-refractivity contribution in [2.45, 2.75) is 0 Å². The smallest absolute Gasteiger partial charge is 0.341 e. The summed E-state index contributed by atoms with van der Waals surface area (Å²) in [5, 5.41) is 2.59. The van der Waals surface area contributed by atoms with E-state index in [1.54, 1.807) is 0 Å². The van der Waals surface area contributed by atoms with Crippen LogP contribution in [-0.4, -0.2) is 43.1 Å². The molecule has 0 spiro atoms. The van der Waals surface area contributed by atoms with E-state index in [4.69, 9.17) is 10.5 Å². The summed E-state index contributed by atoms with van der Waals surface area (Å²) in [5.41, 5.74) is 4.49. The van der Waals surface area contributed by atoms with Crippen molar-refractivity contribution in [1.82, 2.24) is 10.2 Å². The Hall–Kier alpha value is -2.38. The monoisotopic (exact) mass is 285 g/mol. The van der Waals surface area contributed by atoms with Crippen LogP contribution in [0.25, 0.3) is 0 Å². The highest BCUT2D eigenvalue weighted by molar-refractivity contribution is 5.90. The fraction of sp³-hybridized carbons (Fsp3) is 0.333. The summed E-state index contributed by atoms with van der Waals surface area (Å²) in [4.78, 5) is 24.3. The lowest BCUT2D eigenvalue weighted by Crippen LogP contribution is -2.31. The van der Waals surface area contributed by atoms with Crippen LogP contribution in [0.15, 0.2) is 12.1 Å². The first kappa shape index (κ1) is 14.0. The molecule has 0 aromatic heterocycles. The number of anilines is 1. The van der Waals surface area contributed by atoms with Gasteiger partial charge in [-0.3, -0.25) is 0 Å². The molecule has 0 atom stereocenters. The number of nitrogens with zero attached hydrogens (tertiary/aromatic N) is 1. The minimum Gasteiger partial charge on any atom is -0.460 e. The molecule has 1 saturated heterocycles. The van der Waals surface area contributed by atoms with E-state index >= 15 is 0 Å². The number of halogens is 2. The SMILES string of the molecule is Nc1cc(C(=O)OCCN2CCNC2=O)c(F)cc1F. The average Bonchev–Trinajstić information content (AvgIpc) is 2.79. The van der Waals surface area contributed by atoms with Crippen LogP contribution < -0.4 is 11.1 Å². The molecule has 6 nitrogen and oxygen atoms in total. The number of esters is 1. The van der Waals surface area contributed by atoms with Crippen molar-refractivity contribution >= 4 is 17.7 Å². The summed E-state index contributed by atoms with van der Waals surface area (Å²) in [6, 6.07) is 1.17. The van der Waals surface area contributed by atoms with Crippen LogP contribution in [0.4, 0.5) is 19.3 Å². The van der Waals surface area contributed by atoms with Gasteiger partial charge in [-0.2, -0.15) is 0 Å². The third-order valence-electron chi connectivity index (χ3n) is 2.85. The number of nitrogens with one attached hydrogen (secondary N) is 1. The first-order valence-corrected chi connectivity index (χ1v) is 5.93. The van der Waals surface area contributed by atoms with Crippen molar-refractivity contribution in [3.8, 4) is 0 Å². The number of hydrogen-bond donors (Lipinski definition) is 2. The van der Waals surface area contributed by atoms with E-state index in [2.05, 4.69) is 5.32 Å². The second kappa shape index (κ2) is 5.72. The number of carbonyl (C=O) groups is 2. The number of amides is 2. The number of nitrogen functional groups attached to an aromatic ring is 1. The summed E-state index contributed by atoms with van der Waals surface area (Å²) in [5.74, 6) is -2.93. The molecule has 0 bridgehead atoms. The van der Waals surface area contributed by atoms with Crippen molar-refractivity contribution < 1.29 is 23.1 Å². The van der Waals surface area contributed by atoms with Crippen molar-refractivity contribution in [3.05, 3.63) is 29.3 Å². The number of urea groups is 1. The largest absolute Gasteiger partial charge is 0.460 e. The second-order valence-corrected chi connectivity index (χ2v) is 4.21. The highest BCUT2D eigenvalue weighted by Gasteiger charge is 2.20. The minimum absolute atomic E-state index is 0.0804. The lowest BCUT2D eigenvalue weighted by molar-refractivity contribution is 0.0476. The van der Waals surface area contributed by atoms with Crippen molar-refractivity contribution in [2.24, 2.45) is 0 Å². The molecule has 1 aromatic rings. The molecule has 1 aliphatic rings. The van der Waals surface area contributed by atoms with Gasteiger partial charge < -0.3 is 20.7 Å². The Morgan fingerprint density at radius 2 is 2.15 bits per heavy atom. The van der Waals surface area contributed by atoms with Crippen LogP contribution >= 0.6 is 0 Å². The van der Waals surface area contributed by atoms with Crippen LogP contribution in [-0.2, 0) is 4.74 Å². The number of benzene rings is 1. The number of carbonyl (C=O) groups excluding carboxylic acids is 2. The summed E-state index contributed by atoms with van der Waals surface area (Å²) in [7, 11) is 0. The molecule has 108 valence electrons. The van der Waals surface area contributed by atoms with Crippen LogP contribution in [0.1, 0.15) is 10.4 Å². The summed E-state index contributed by atoms with van der Waals surface area (Å²) in [6.07, 6.45) is 0. The van der Waals surface area contributed by atoms with Gasteiger partial charge in [-0.25, -0.2) is 18.4 Å². The molecular formula is C12H13F2N3O3. The van der Waals surface area contributed by atoms with Gasteiger partial charge in [-0.05, 0) is 6.07 Å². The van der Waals surface area contributed by atoms with E-state index < -0.39 is 23.2 Å². The van der Waals surface area contributed by atoms with Gasteiger partial charge in [0.25, 0.3) is 0 Å². The van der Waals surface area contributed by atoms with Gasteiger partial charge in [0.05, 0.1) is 17.8 Å². The molecule has 3 N–H and O–H groups in total. The Morgan fingerprint density at radius 3 is 2.80 bits per heavy atom. The molecule has 1 aliphatic heterocycles. The van der Waals surface area contributed by atoms with E-state index in [1.807, 2.05) is 0 Å². The fourth-order valence-corrected chi connectivity index (χ4v) is 1.77. The molecule has 20 heavy (non-hydrogen) atoms. The Balaban J connectivity index is 1.92. The fourth-order valence-electron chi connectivity index (χ4n) is 1.77. The molecule has 8 heteroatoms. The standard InChI is InChI=1S/C12H13F2N3O3/c13-8-6-9(14)10(15)5-7(8)11(18)20-4-3-17-2-1-16-12(17)19/h5-6H,1-4,15H2,(H,16,19). The van der Waals surface area contributed by atoms with Gasteiger partial charge in [-0.1, -0.05) is 0 Å². The van der Waals surface area contributed by atoms with Crippen molar-refractivity contribution in [1.29, 1.82) is 0 Å². The first-order chi connectivity index (χ1) is 9.49. The normalized spacial score (nSPS) is 14.3. The molecule has 0 saturated carbocycles. The molecule has 1 fully saturated rings. The molecule has 0 unspecified atom stereocenters. The molecule has 0 aliphatic carbocycles. The Kier molecular flexibility index (Phi) is 4.02. The maximum absolute atomic E-state index is 13.4. The quantitative estimate of drug-likeness (QED) is 0.631. The van der Waals surface area contributed by atoms with E-state index in [-0.39, 0.29) is 24.9 Å². The lowest BCUT2D eigenvalue weighted by atomic mass is 10.2. The molecule has 1 heterocycles. The van der Waals surface area contributed by atoms with Crippen LogP contribution in [0.5, 0.6) is 0 Å². The second-order valence-electron chi connectivity index (χ2n) is 4.21. The Morgan fingerprint density at radius 1 is 1.40 bits per heavy atom. The van der Waals surface area contributed by atoms with Crippen LogP contribution in [0.2, 0.25) is 0 Å². The maximum atomic E-state index is 13.4. The van der Waals surface area contributed by atoms with Gasteiger partial charge in [0.1, 0.15) is 18.2 Å². The Labute approximate surface area is 113 Å². The zero-order valence-electron chi connectivity index (χ0n) is 10.5. The maximum Gasteiger partial charge on any atom is 0.341 e. The van der Waals surface area contributed by atoms with E-state index in [1.165, 1.54) is 4.90 Å². The van der Waals surface area contributed by atoms with Crippen molar-refractivity contribution in [2.75, 3.05) is 32.0 Å². The number of rotatable bonds is 4. The van der Waals surface area contributed by atoms with E-state index in [0.717, 1.165) is 6.07 Å². The van der Waals surface area contributed by atoms with Gasteiger partial charge >= 0.3 is 12.0 Å². The predicted octanol–water partition coefficient (Wildman–Crippen LogP) is 0.729. The van der Waals surface area contributed by atoms with Crippen LogP contribution in [0, 0.1) is 11.6 Å². The summed E-state index contributed by atoms with van der Waals surface area (Å²) < 4.78 is 31.2. The first-order valence-electron chi connectivity index (χ1n) is 5.93. The van der Waals surface area contributed by atoms with Gasteiger partial charge in [0.15, 0.2) is 0 Å². The van der Waals surface area contributed by atoms with Gasteiger partial charge in [0, 0.05) is 19.2 Å². The Bertz CT molecular complexity index is 551. The highest BCUT2D eigenvalue weighted by atomic mass is 19.1. The molecule has 2 amide bonds. The molecule has 2 rings (SSSR count).